The minimum absolute atomic E-state index is 0.182. The Morgan fingerprint density at radius 2 is 1.89 bits per heavy atom. The van der Waals surface area contributed by atoms with E-state index in [0.717, 1.165) is 0 Å². The maximum Gasteiger partial charge on any atom is 0.268 e. The van der Waals surface area contributed by atoms with Gasteiger partial charge in [0.2, 0.25) is 0 Å². The highest BCUT2D eigenvalue weighted by molar-refractivity contribution is 6.09. The van der Waals surface area contributed by atoms with Gasteiger partial charge in [0.05, 0.1) is 30.9 Å². The predicted molar refractivity (Wildman–Crippen MR) is 70.9 cm³/mol. The third-order valence-corrected chi connectivity index (χ3v) is 2.80. The number of nitrogens with zero attached hydrogens (tertiary/aromatic N) is 1. The van der Waals surface area contributed by atoms with E-state index in [1.807, 2.05) is 5.43 Å². The molecular weight excluding hydrogens is 248 g/mol. The molecule has 1 heterocycles. The SMILES string of the molecule is COc1ccc(OC)c2c(N)c(C(=O)NN)cnc12. The number of ether oxygens (including phenoxy) is 2. The zero-order chi connectivity index (χ0) is 14.0. The molecule has 7 heteroatoms. The Hall–Kier alpha value is -2.54. The van der Waals surface area contributed by atoms with Crippen molar-refractivity contribution in [1.29, 1.82) is 0 Å². The minimum Gasteiger partial charge on any atom is -0.496 e. The van der Waals surface area contributed by atoms with E-state index in [9.17, 15) is 4.79 Å². The molecule has 1 amide bonds. The Morgan fingerprint density at radius 3 is 2.47 bits per heavy atom. The van der Waals surface area contributed by atoms with Crippen molar-refractivity contribution in [3.63, 3.8) is 0 Å². The normalized spacial score (nSPS) is 10.3. The van der Waals surface area contributed by atoms with Crippen LogP contribution in [0.4, 0.5) is 5.69 Å². The number of rotatable bonds is 3. The second-order valence-electron chi connectivity index (χ2n) is 3.75. The lowest BCUT2D eigenvalue weighted by atomic mass is 10.1. The number of hydrazine groups is 1. The molecule has 19 heavy (non-hydrogen) atoms. The fraction of sp³-hybridized carbons (Fsp3) is 0.167. The highest BCUT2D eigenvalue weighted by Crippen LogP contribution is 2.36. The second-order valence-corrected chi connectivity index (χ2v) is 3.75. The molecule has 0 bridgehead atoms. The predicted octanol–water partition coefficient (Wildman–Crippen LogP) is 0.438. The molecule has 0 aliphatic rings. The molecule has 0 saturated heterocycles. The molecule has 0 spiro atoms. The average Bonchev–Trinajstić information content (AvgIpc) is 2.45. The lowest BCUT2D eigenvalue weighted by molar-refractivity contribution is 0.0954. The molecule has 0 radical (unpaired) electrons. The number of carbonyl (C=O) groups excluding carboxylic acids is 1. The zero-order valence-electron chi connectivity index (χ0n) is 10.6. The van der Waals surface area contributed by atoms with Crippen LogP contribution in [0.1, 0.15) is 10.4 Å². The third-order valence-electron chi connectivity index (χ3n) is 2.80. The van der Waals surface area contributed by atoms with Gasteiger partial charge in [-0.1, -0.05) is 0 Å². The van der Waals surface area contributed by atoms with Crippen molar-refractivity contribution in [1.82, 2.24) is 10.4 Å². The Balaban J connectivity index is 2.83. The van der Waals surface area contributed by atoms with E-state index >= 15 is 0 Å². The number of nitrogens with one attached hydrogen (secondary N) is 1. The number of fused-ring (bicyclic) bond motifs is 1. The Labute approximate surface area is 109 Å². The van der Waals surface area contributed by atoms with E-state index in [0.29, 0.717) is 22.4 Å². The van der Waals surface area contributed by atoms with Crippen LogP contribution < -0.4 is 26.5 Å². The van der Waals surface area contributed by atoms with Gasteiger partial charge >= 0.3 is 0 Å². The third kappa shape index (κ3) is 2.00. The summed E-state index contributed by atoms with van der Waals surface area (Å²) in [6, 6.07) is 3.42. The topological polar surface area (TPSA) is 112 Å². The molecule has 0 fully saturated rings. The van der Waals surface area contributed by atoms with Gasteiger partial charge in [-0.3, -0.25) is 15.2 Å². The summed E-state index contributed by atoms with van der Waals surface area (Å²) in [6.45, 7) is 0. The van der Waals surface area contributed by atoms with Crippen LogP contribution >= 0.6 is 0 Å². The van der Waals surface area contributed by atoms with Gasteiger partial charge in [-0.05, 0) is 12.1 Å². The van der Waals surface area contributed by atoms with Gasteiger partial charge in [0.25, 0.3) is 5.91 Å². The maximum atomic E-state index is 11.6. The average molecular weight is 262 g/mol. The fourth-order valence-electron chi connectivity index (χ4n) is 1.87. The number of hydrogen-bond acceptors (Lipinski definition) is 6. The number of hydrogen-bond donors (Lipinski definition) is 3. The molecule has 100 valence electrons. The standard InChI is InChI=1S/C12H14N4O3/c1-18-7-3-4-8(19-2)11-9(7)10(13)6(5-15-11)12(17)16-14/h3-5H,14H2,1-2H3,(H2,13,15)(H,16,17). The highest BCUT2D eigenvalue weighted by Gasteiger charge is 2.17. The van der Waals surface area contributed by atoms with Crippen molar-refractivity contribution >= 4 is 22.5 Å². The first-order valence-corrected chi connectivity index (χ1v) is 5.44. The first kappa shape index (κ1) is 12.9. The Bertz CT molecular complexity index is 642. The number of nitrogens with two attached hydrogens (primary N) is 2. The maximum absolute atomic E-state index is 11.6. The van der Waals surface area contributed by atoms with E-state index in [1.54, 1.807) is 12.1 Å². The first-order chi connectivity index (χ1) is 9.13. The fourth-order valence-corrected chi connectivity index (χ4v) is 1.87. The van der Waals surface area contributed by atoms with E-state index in [4.69, 9.17) is 21.1 Å². The van der Waals surface area contributed by atoms with Crippen LogP contribution in [0.2, 0.25) is 0 Å². The van der Waals surface area contributed by atoms with Gasteiger partial charge in [0, 0.05) is 6.20 Å². The summed E-state index contributed by atoms with van der Waals surface area (Å²) in [4.78, 5) is 15.8. The quantitative estimate of drug-likeness (QED) is 0.420. The van der Waals surface area contributed by atoms with Gasteiger partial charge in [0.1, 0.15) is 17.0 Å². The number of benzene rings is 1. The van der Waals surface area contributed by atoms with Crippen LogP contribution in [0.25, 0.3) is 10.9 Å². The van der Waals surface area contributed by atoms with E-state index in [2.05, 4.69) is 4.98 Å². The van der Waals surface area contributed by atoms with Gasteiger partial charge in [-0.25, -0.2) is 5.84 Å². The van der Waals surface area contributed by atoms with Crippen molar-refractivity contribution in [3.05, 3.63) is 23.9 Å². The minimum atomic E-state index is -0.517. The van der Waals surface area contributed by atoms with Crippen LogP contribution in [-0.2, 0) is 0 Å². The molecule has 0 atom stereocenters. The van der Waals surface area contributed by atoms with Crippen molar-refractivity contribution in [2.45, 2.75) is 0 Å². The summed E-state index contributed by atoms with van der Waals surface area (Å²) in [7, 11) is 3.04. The number of anilines is 1. The van der Waals surface area contributed by atoms with Crippen molar-refractivity contribution in [3.8, 4) is 11.5 Å². The van der Waals surface area contributed by atoms with Crippen molar-refractivity contribution < 1.29 is 14.3 Å². The van der Waals surface area contributed by atoms with Gasteiger partial charge in [-0.2, -0.15) is 0 Å². The molecule has 0 aliphatic heterocycles. The number of amides is 1. The van der Waals surface area contributed by atoms with Crippen molar-refractivity contribution in [2.75, 3.05) is 20.0 Å². The van der Waals surface area contributed by atoms with Gasteiger partial charge in [0.15, 0.2) is 0 Å². The monoisotopic (exact) mass is 262 g/mol. The molecule has 5 N–H and O–H groups in total. The number of methoxy groups -OCH3 is 2. The summed E-state index contributed by atoms with van der Waals surface area (Å²) < 4.78 is 10.4. The molecule has 1 aromatic carbocycles. The summed E-state index contributed by atoms with van der Waals surface area (Å²) in [6.07, 6.45) is 1.35. The van der Waals surface area contributed by atoms with E-state index in [1.165, 1.54) is 20.4 Å². The Kier molecular flexibility index (Phi) is 3.39. The molecule has 0 unspecified atom stereocenters. The molecule has 2 rings (SSSR count). The van der Waals surface area contributed by atoms with E-state index in [-0.39, 0.29) is 11.3 Å². The summed E-state index contributed by atoms with van der Waals surface area (Å²) in [5.41, 5.74) is 8.97. The van der Waals surface area contributed by atoms with Gasteiger partial charge < -0.3 is 15.2 Å². The largest absolute Gasteiger partial charge is 0.496 e. The molecular formula is C12H14N4O3. The molecule has 7 nitrogen and oxygen atoms in total. The van der Waals surface area contributed by atoms with Crippen molar-refractivity contribution in [2.24, 2.45) is 5.84 Å². The van der Waals surface area contributed by atoms with Crippen LogP contribution in [0.3, 0.4) is 0 Å². The smallest absolute Gasteiger partial charge is 0.268 e. The number of carbonyl (C=O) groups is 1. The number of aromatic nitrogens is 1. The highest BCUT2D eigenvalue weighted by atomic mass is 16.5. The van der Waals surface area contributed by atoms with Crippen LogP contribution in [0.15, 0.2) is 18.3 Å². The summed E-state index contributed by atoms with van der Waals surface area (Å²) >= 11 is 0. The summed E-state index contributed by atoms with van der Waals surface area (Å²) in [5, 5.41) is 0.517. The molecule has 1 aromatic heterocycles. The second kappa shape index (κ2) is 4.99. The zero-order valence-corrected chi connectivity index (χ0v) is 10.6. The Morgan fingerprint density at radius 1 is 1.26 bits per heavy atom. The summed E-state index contributed by atoms with van der Waals surface area (Å²) in [5.74, 6) is 5.64. The van der Waals surface area contributed by atoms with Crippen LogP contribution in [-0.4, -0.2) is 25.1 Å². The van der Waals surface area contributed by atoms with Gasteiger partial charge in [-0.15, -0.1) is 0 Å². The molecule has 0 saturated carbocycles. The first-order valence-electron chi connectivity index (χ1n) is 5.44. The lowest BCUT2D eigenvalue weighted by Gasteiger charge is -2.13. The number of nitrogen functional groups attached to an aromatic ring is 2. The molecule has 2 aromatic rings. The lowest BCUT2D eigenvalue weighted by Crippen LogP contribution is -2.30. The molecule has 0 aliphatic carbocycles. The van der Waals surface area contributed by atoms with Crippen LogP contribution in [0.5, 0.6) is 11.5 Å². The van der Waals surface area contributed by atoms with Crippen LogP contribution in [0, 0.1) is 0 Å². The number of pyridine rings is 1. The van der Waals surface area contributed by atoms with E-state index < -0.39 is 5.91 Å².